The lowest BCUT2D eigenvalue weighted by Crippen LogP contribution is -2.50. The summed E-state index contributed by atoms with van der Waals surface area (Å²) >= 11 is 1.00. The van der Waals surface area contributed by atoms with Crippen molar-refractivity contribution in [2.75, 3.05) is 56.0 Å². The number of nitrogens with zero attached hydrogens (tertiary/aromatic N) is 6. The number of likely N-dealkylation sites (N-methyl/N-ethyl adjacent to an activating group) is 1. The number of nitrogens with one attached hydrogen (secondary N) is 10. The number of aliphatic carboxylic acids is 5. The summed E-state index contributed by atoms with van der Waals surface area (Å²) in [5.41, 5.74) is 16.0. The molecule has 1 aliphatic heterocycles. The van der Waals surface area contributed by atoms with Crippen LogP contribution >= 0.6 is 32.9 Å². The van der Waals surface area contributed by atoms with E-state index < -0.39 is 236 Å². The van der Waals surface area contributed by atoms with Gasteiger partial charge in [-0.2, -0.15) is 4.98 Å². The average Bonchev–Trinajstić information content (AvgIpc) is 1.18. The quantitative estimate of drug-likeness (QED) is 0.00336. The van der Waals surface area contributed by atoms with Crippen LogP contribution in [0.25, 0.3) is 11.2 Å². The third-order valence-electron chi connectivity index (χ3n) is 22.7. The van der Waals surface area contributed by atoms with E-state index in [1.54, 1.807) is 19.1 Å². The molecule has 4 heterocycles. The second-order valence-corrected chi connectivity index (χ2v) is 37.4. The number of hydrazine groups is 1. The van der Waals surface area contributed by atoms with Gasteiger partial charge in [0.25, 0.3) is 17.4 Å². The summed E-state index contributed by atoms with van der Waals surface area (Å²) in [6.45, 7) is 11.9. The van der Waals surface area contributed by atoms with E-state index >= 15 is 4.79 Å². The number of nitrogen functional groups attached to an aromatic ring is 1. The first-order valence-electron chi connectivity index (χ1n) is 44.7. The number of piperidine rings is 1. The maximum atomic E-state index is 15.1. The number of guanidine groups is 1. The predicted octanol–water partition coefficient (Wildman–Crippen LogP) is 5.45. The van der Waals surface area contributed by atoms with Crippen LogP contribution in [0.15, 0.2) is 64.9 Å². The molecule has 758 valence electrons. The molecule has 0 bridgehead atoms. The largest absolute Gasteiger partial charge is 0.508 e. The van der Waals surface area contributed by atoms with Crippen LogP contribution < -0.4 is 59.8 Å². The zero-order chi connectivity index (χ0) is 102. The van der Waals surface area contributed by atoms with Gasteiger partial charge in [-0.25, -0.2) is 30.0 Å². The van der Waals surface area contributed by atoms with Crippen molar-refractivity contribution in [3.05, 3.63) is 98.0 Å². The number of hydrogen-bond donors (Lipinski definition) is 18. The maximum absolute atomic E-state index is 15.1. The number of Topliss-reactive ketones (excluding diaryl/α,β-unsaturated/α-hetero) is 4. The van der Waals surface area contributed by atoms with Crippen molar-refractivity contribution in [1.29, 1.82) is 5.41 Å². The average molecular weight is 1990 g/mol. The molecular formula is C89H126N18O28S3. The number of hydrogen-bond acceptors (Lipinski definition) is 34. The van der Waals surface area contributed by atoms with Crippen molar-refractivity contribution in [2.24, 2.45) is 47.2 Å². The number of aromatic hydroxyl groups is 1. The van der Waals surface area contributed by atoms with Gasteiger partial charge in [-0.1, -0.05) is 88.1 Å². The van der Waals surface area contributed by atoms with Crippen LogP contribution in [0.3, 0.4) is 0 Å². The first-order valence-corrected chi connectivity index (χ1v) is 48.1. The topological polar surface area (TPSA) is 719 Å². The smallest absolute Gasteiger partial charge is 0.426 e. The number of likely N-dealkylation sites (tertiary alicyclic amines) is 1. The third kappa shape index (κ3) is 38.7. The summed E-state index contributed by atoms with van der Waals surface area (Å²) < 4.78 is 16.8. The highest BCUT2D eigenvalue weighted by Gasteiger charge is 2.42. The van der Waals surface area contributed by atoms with E-state index in [-0.39, 0.29) is 142 Å². The molecule has 1 saturated heterocycles. The standard InChI is InChI=1S/C89H122N18O28S3.2H2/c1-9-14-74(120)134-45-107(84(127)60(47(5)10-2)38-69(113)65-16-11-12-28-106(65)8)66(46(3)4)40-70(135-49(7)108)83-101-64(44-136-83)81(125)97-56(32-50-17-23-58(109)24-18-50)31-48(6)77(121)104-105-89(132)133-29-30-137-138-43-54(85(128)129)35-68(112)63(39-73(118)119)100-80(124)53(37-72(116)117)34-67(111)61(15-13-27-93-87(90)91)98-79(123)52(36-71(114)115)33-59(110)25-26-62(86(130)131)99-78(122)51-19-21-55(22-20-51)94-41-57-42-95-76-75(96-57)82(126)103-88(92)102-76;;/h17-24,42,44,46-48,52-54,56,60-63,65-66,70,94,109H,9-16,25-41,43,45H2,1-8H3,(H,97,125)(H,98,123)(H,99,122)(H,100,124)(H,104,121)(H,105,132)(H,114,115)(H,116,117)(H,118,119)(H,128,129)(H,130,131)(H4,90,91,93)(H3,92,95,102,103,126);2*1H/t47?,48-,52-,53-,54+,56+,60-,61-,62-,63+,65+,66?,70+;;/m0../s1/i;2*1+1. The van der Waals surface area contributed by atoms with Gasteiger partial charge in [0.2, 0.25) is 29.6 Å². The fraction of sp³-hybridized carbons (Fsp3) is 0.551. The number of anilines is 2. The first-order chi connectivity index (χ1) is 65.3. The minimum Gasteiger partial charge on any atom is -0.508 e. The van der Waals surface area contributed by atoms with Gasteiger partial charge in [0, 0.05) is 113 Å². The number of fused-ring (bicyclic) bond motifs is 1. The van der Waals surface area contributed by atoms with Gasteiger partial charge in [0.05, 0.1) is 73.6 Å². The number of carbonyl (C=O) groups excluding carboxylic acids is 13. The van der Waals surface area contributed by atoms with Crippen LogP contribution in [0.4, 0.5) is 16.4 Å². The number of H-pyrrole nitrogens is 1. The van der Waals surface area contributed by atoms with Crippen LogP contribution in [0.2, 0.25) is 0 Å². The normalized spacial score (nSPS) is 15.1. The summed E-state index contributed by atoms with van der Waals surface area (Å²) in [5, 5.41) is 84.3. The van der Waals surface area contributed by atoms with Crippen molar-refractivity contribution >= 4 is 168 Å². The van der Waals surface area contributed by atoms with E-state index in [1.807, 2.05) is 39.6 Å². The van der Waals surface area contributed by atoms with Gasteiger partial charge in [-0.15, -0.1) is 11.3 Å². The molecule has 49 heteroatoms. The minimum absolute atomic E-state index is 0. The molecule has 46 nitrogen and oxygen atoms in total. The third-order valence-corrected chi connectivity index (χ3v) is 26.0. The molecule has 0 spiro atoms. The number of carboxylic acids is 5. The fourth-order valence-corrected chi connectivity index (χ4v) is 18.0. The van der Waals surface area contributed by atoms with Gasteiger partial charge < -0.3 is 93.1 Å². The molecule has 138 heavy (non-hydrogen) atoms. The molecule has 1 fully saturated rings. The molecule has 7 amide bonds. The van der Waals surface area contributed by atoms with E-state index in [1.165, 1.54) is 66.7 Å². The van der Waals surface area contributed by atoms with Crippen LogP contribution in [0, 0.1) is 46.8 Å². The molecule has 0 saturated carbocycles. The molecule has 13 atom stereocenters. The summed E-state index contributed by atoms with van der Waals surface area (Å²) in [4.78, 5) is 275. The second-order valence-electron chi connectivity index (χ2n) is 33.8. The van der Waals surface area contributed by atoms with Crippen molar-refractivity contribution in [1.82, 2.24) is 72.2 Å². The Kier molecular flexibility index (Phi) is 46.9. The highest BCUT2D eigenvalue weighted by atomic mass is 33.1. The predicted molar refractivity (Wildman–Crippen MR) is 505 cm³/mol. The molecule has 2 unspecified atom stereocenters. The summed E-state index contributed by atoms with van der Waals surface area (Å²) in [5.74, 6) is -26.6. The van der Waals surface area contributed by atoms with E-state index in [9.17, 15) is 117 Å². The van der Waals surface area contributed by atoms with Crippen molar-refractivity contribution < 1.29 is 134 Å². The molecule has 1 aliphatic rings. The molecule has 3 aromatic heterocycles. The number of ether oxygens (including phenoxy) is 3. The highest BCUT2D eigenvalue weighted by molar-refractivity contribution is 8.76. The Morgan fingerprint density at radius 1 is 0.710 bits per heavy atom. The van der Waals surface area contributed by atoms with Crippen LogP contribution in [-0.4, -0.2) is 259 Å². The number of aromatic amines is 1. The van der Waals surface area contributed by atoms with E-state index in [2.05, 4.69) is 67.7 Å². The van der Waals surface area contributed by atoms with E-state index in [0.29, 0.717) is 36.2 Å². The van der Waals surface area contributed by atoms with Crippen molar-refractivity contribution in [2.45, 2.75) is 226 Å². The molecule has 0 radical (unpaired) electrons. The number of aromatic nitrogens is 5. The number of thiazole rings is 1. The van der Waals surface area contributed by atoms with Crippen LogP contribution in [0.5, 0.6) is 5.75 Å². The fourth-order valence-electron chi connectivity index (χ4n) is 15.0. The van der Waals surface area contributed by atoms with E-state index in [4.69, 9.17) is 31.1 Å². The van der Waals surface area contributed by atoms with Crippen molar-refractivity contribution in [3.8, 4) is 5.75 Å². The van der Waals surface area contributed by atoms with Crippen molar-refractivity contribution in [3.63, 3.8) is 0 Å². The lowest BCUT2D eigenvalue weighted by Gasteiger charge is -2.39. The number of carbonyl (C=O) groups is 18. The molecule has 20 N–H and O–H groups in total. The number of carboxylic acid groups (broad SMARTS) is 5. The number of ketones is 4. The van der Waals surface area contributed by atoms with E-state index in [0.717, 1.165) is 52.3 Å². The van der Waals surface area contributed by atoms with Gasteiger partial charge in [-0.3, -0.25) is 102 Å². The maximum Gasteiger partial charge on any atom is 0.426 e. The number of amides is 7. The number of phenolic OH excluding ortho intramolecular Hbond substituents is 1. The summed E-state index contributed by atoms with van der Waals surface area (Å²) in [6, 6.07) is 4.31. The van der Waals surface area contributed by atoms with Crippen LogP contribution in [-0.2, 0) is 99.1 Å². The number of phenols is 1. The summed E-state index contributed by atoms with van der Waals surface area (Å²) in [7, 11) is 3.73. The molecule has 5 aromatic rings. The van der Waals surface area contributed by atoms with Gasteiger partial charge >= 0.3 is 47.9 Å². The number of esters is 2. The number of nitrogens with two attached hydrogens (primary N) is 2. The zero-order valence-electron chi connectivity index (χ0n) is 77.7. The Morgan fingerprint density at radius 2 is 1.36 bits per heavy atom. The van der Waals surface area contributed by atoms with Crippen LogP contribution in [0.1, 0.15) is 217 Å². The Labute approximate surface area is 808 Å². The molecular weight excluding hydrogens is 1870 g/mol. The minimum atomic E-state index is -2.03. The van der Waals surface area contributed by atoms with Gasteiger partial charge in [0.1, 0.15) is 34.9 Å². The molecule has 2 aromatic carbocycles. The Bertz CT molecular complexity index is 5200. The summed E-state index contributed by atoms with van der Waals surface area (Å²) in [6.07, 6.45) is -5.28. The Hall–Kier alpha value is -13.3. The zero-order valence-corrected chi connectivity index (χ0v) is 80.1. The molecule has 6 rings (SSSR count). The SMILES string of the molecule is CCCC(=O)OCN(C(=O)[C@@H](CC(=O)[C@H]1CCCCN1C)C(C)CC)C(C[C@@H](OC(C)=O)c1nc(C(=O)N[C@@H](Cc2ccc(O)cc2)C[C@H](C)C(=O)NNC(=O)OCCSSC[C@@H](CC(=O)[C@@H](CC(=O)O)NC(=O)[C@H](CC(=O)O)CC(=O)[C@H](CCCNC(=N)N)NC(=O)[C@H](CC(=O)O)CC(=O)CC[C@H](NC(=O)c2ccc(NCc3cnc4nc(N)[nH]c(=O)c4n3)cc2)C(=O)O)C(=O)O)cs1)C(C)C.[2HH].[2HH]. The first kappa shape index (κ1) is 113. The highest BCUT2D eigenvalue weighted by Crippen LogP contribution is 2.35. The van der Waals surface area contributed by atoms with Gasteiger partial charge in [-0.05, 0) is 119 Å². The van der Waals surface area contributed by atoms with Gasteiger partial charge in [0.15, 0.2) is 47.3 Å². The Balaban J connectivity index is 0.0000204. The Morgan fingerprint density at radius 3 is 1.98 bits per heavy atom. The lowest BCUT2D eigenvalue weighted by molar-refractivity contribution is -0.162. The second kappa shape index (κ2) is 57.0. The number of benzene rings is 2. The monoisotopic (exact) mass is 1990 g/mol. The lowest BCUT2D eigenvalue weighted by atomic mass is 9.82. The molecule has 0 aliphatic carbocycles. The number of rotatable bonds is 61.